The van der Waals surface area contributed by atoms with Crippen molar-refractivity contribution in [2.75, 3.05) is 0 Å². The first-order valence-electron chi connectivity index (χ1n) is 7.18. The standard InChI is InChI=1S/C10H22O/c1-5-9(2)7-6-8-10(3,4)11/h9,11H,5-8H2,1-4H3/i3D3,4D3. The third-order valence-electron chi connectivity index (χ3n) is 1.93. The lowest BCUT2D eigenvalue weighted by molar-refractivity contribution is 0.0670. The summed E-state index contributed by atoms with van der Waals surface area (Å²) in [5, 5.41) is 9.94. The van der Waals surface area contributed by atoms with Crippen molar-refractivity contribution < 1.29 is 13.3 Å². The first-order chi connectivity index (χ1) is 7.45. The van der Waals surface area contributed by atoms with Crippen molar-refractivity contribution in [1.29, 1.82) is 0 Å². The summed E-state index contributed by atoms with van der Waals surface area (Å²) in [4.78, 5) is 0. The van der Waals surface area contributed by atoms with E-state index in [0.29, 0.717) is 12.3 Å². The van der Waals surface area contributed by atoms with E-state index in [0.717, 1.165) is 12.8 Å². The Balaban J connectivity index is 4.65. The normalized spacial score (nSPS) is 25.4. The second-order valence-corrected chi connectivity index (χ2v) is 3.27. The van der Waals surface area contributed by atoms with Gasteiger partial charge in [-0.2, -0.15) is 0 Å². The van der Waals surface area contributed by atoms with Crippen LogP contribution < -0.4 is 0 Å². The van der Waals surface area contributed by atoms with Crippen LogP contribution in [-0.4, -0.2) is 10.7 Å². The van der Waals surface area contributed by atoms with Crippen LogP contribution in [0.25, 0.3) is 0 Å². The Hall–Kier alpha value is -0.0400. The monoisotopic (exact) mass is 164 g/mol. The van der Waals surface area contributed by atoms with Crippen molar-refractivity contribution in [2.45, 2.75) is 58.8 Å². The molecule has 0 aromatic rings. The first kappa shape index (κ1) is 4.27. The molecule has 0 bridgehead atoms. The predicted molar refractivity (Wildman–Crippen MR) is 49.6 cm³/mol. The lowest BCUT2D eigenvalue weighted by atomic mass is 9.96. The quantitative estimate of drug-likeness (QED) is 0.662. The molecule has 1 atom stereocenters. The summed E-state index contributed by atoms with van der Waals surface area (Å²) in [6, 6.07) is 0. The molecule has 0 fully saturated rings. The summed E-state index contributed by atoms with van der Waals surface area (Å²) in [6.07, 6.45) is 1.87. The van der Waals surface area contributed by atoms with Gasteiger partial charge < -0.3 is 5.11 Å². The molecule has 1 nitrogen and oxygen atoms in total. The Bertz CT molecular complexity index is 218. The second kappa shape index (κ2) is 4.76. The van der Waals surface area contributed by atoms with Gasteiger partial charge in [-0.15, -0.1) is 0 Å². The molecule has 0 aromatic heterocycles. The highest BCUT2D eigenvalue weighted by Gasteiger charge is 2.11. The summed E-state index contributed by atoms with van der Waals surface area (Å²) in [5.74, 6) is 0.410. The predicted octanol–water partition coefficient (Wildman–Crippen LogP) is 2.97. The summed E-state index contributed by atoms with van der Waals surface area (Å²) >= 11 is 0. The molecule has 0 aliphatic heterocycles. The molecule has 0 spiro atoms. The Kier molecular flexibility index (Phi) is 1.85. The average molecular weight is 164 g/mol. The molecule has 0 radical (unpaired) electrons. The topological polar surface area (TPSA) is 20.2 Å². The van der Waals surface area contributed by atoms with E-state index in [1.165, 1.54) is 0 Å². The van der Waals surface area contributed by atoms with Crippen LogP contribution in [-0.2, 0) is 0 Å². The minimum Gasteiger partial charge on any atom is -0.390 e. The van der Waals surface area contributed by atoms with Gasteiger partial charge in [0.05, 0.1) is 5.60 Å². The van der Waals surface area contributed by atoms with E-state index >= 15 is 0 Å². The molecule has 1 N–H and O–H groups in total. The molecule has 1 heteroatoms. The number of hydrogen-bond donors (Lipinski definition) is 1. The third-order valence-corrected chi connectivity index (χ3v) is 1.93. The smallest absolute Gasteiger partial charge is 0.0591 e. The van der Waals surface area contributed by atoms with Crippen LogP contribution in [0.1, 0.15) is 61.5 Å². The molecular weight excluding hydrogens is 136 g/mol. The Labute approximate surface area is 79.2 Å². The Morgan fingerprint density at radius 2 is 2.18 bits per heavy atom. The van der Waals surface area contributed by atoms with E-state index in [1.807, 2.05) is 13.8 Å². The van der Waals surface area contributed by atoms with Gasteiger partial charge in [-0.25, -0.2) is 0 Å². The van der Waals surface area contributed by atoms with Crippen LogP contribution in [0.3, 0.4) is 0 Å². The van der Waals surface area contributed by atoms with Gasteiger partial charge in [0, 0.05) is 8.22 Å². The molecule has 0 aromatic carbocycles. The van der Waals surface area contributed by atoms with Gasteiger partial charge in [0.1, 0.15) is 0 Å². The molecule has 0 saturated carbocycles. The van der Waals surface area contributed by atoms with E-state index in [1.54, 1.807) is 0 Å². The van der Waals surface area contributed by atoms with E-state index in [9.17, 15) is 5.11 Å². The zero-order valence-electron chi connectivity index (χ0n) is 13.4. The largest absolute Gasteiger partial charge is 0.390 e. The number of hydrogen-bond acceptors (Lipinski definition) is 1. The average Bonchev–Trinajstić information content (AvgIpc) is 2.13. The van der Waals surface area contributed by atoms with Crippen LogP contribution in [0.2, 0.25) is 0 Å². The Morgan fingerprint density at radius 3 is 2.64 bits per heavy atom. The second-order valence-electron chi connectivity index (χ2n) is 3.27. The lowest BCUT2D eigenvalue weighted by Gasteiger charge is -2.17. The lowest BCUT2D eigenvalue weighted by Crippen LogP contribution is -2.18. The van der Waals surface area contributed by atoms with Gasteiger partial charge >= 0.3 is 0 Å². The van der Waals surface area contributed by atoms with Crippen LogP contribution in [0.15, 0.2) is 0 Å². The van der Waals surface area contributed by atoms with Gasteiger partial charge in [0.25, 0.3) is 0 Å². The molecule has 0 amide bonds. The maximum Gasteiger partial charge on any atom is 0.0591 e. The Morgan fingerprint density at radius 1 is 1.55 bits per heavy atom. The third kappa shape index (κ3) is 7.86. The molecule has 11 heavy (non-hydrogen) atoms. The molecule has 68 valence electrons. The van der Waals surface area contributed by atoms with Crippen LogP contribution in [0.5, 0.6) is 0 Å². The zero-order chi connectivity index (χ0) is 13.9. The molecule has 0 aliphatic rings. The van der Waals surface area contributed by atoms with E-state index in [4.69, 9.17) is 8.22 Å². The van der Waals surface area contributed by atoms with Gasteiger partial charge in [-0.3, -0.25) is 0 Å². The van der Waals surface area contributed by atoms with Crippen molar-refractivity contribution in [3.8, 4) is 0 Å². The minimum absolute atomic E-state index is 0.218. The first-order valence-corrected chi connectivity index (χ1v) is 4.18. The van der Waals surface area contributed by atoms with Crippen molar-refractivity contribution in [1.82, 2.24) is 0 Å². The van der Waals surface area contributed by atoms with E-state index < -0.39 is 19.3 Å². The highest BCUT2D eigenvalue weighted by atomic mass is 16.3. The summed E-state index contributed by atoms with van der Waals surface area (Å²) in [6.45, 7) is -1.73. The number of aliphatic hydroxyl groups is 1. The summed E-state index contributed by atoms with van der Waals surface area (Å²) in [7, 11) is 0. The fraction of sp³-hybridized carbons (Fsp3) is 1.00. The zero-order valence-corrected chi connectivity index (χ0v) is 7.35. The van der Waals surface area contributed by atoms with Crippen molar-refractivity contribution in [3.63, 3.8) is 0 Å². The maximum absolute atomic E-state index is 9.94. The minimum atomic E-state index is -2.88. The van der Waals surface area contributed by atoms with E-state index in [2.05, 4.69) is 0 Å². The molecule has 0 heterocycles. The van der Waals surface area contributed by atoms with Crippen LogP contribution in [0.4, 0.5) is 0 Å². The van der Waals surface area contributed by atoms with Crippen molar-refractivity contribution in [2.24, 2.45) is 5.92 Å². The van der Waals surface area contributed by atoms with Gasteiger partial charge in [0.15, 0.2) is 0 Å². The molecule has 0 rings (SSSR count). The highest BCUT2D eigenvalue weighted by Crippen LogP contribution is 2.16. The van der Waals surface area contributed by atoms with Crippen LogP contribution >= 0.6 is 0 Å². The molecule has 1 unspecified atom stereocenters. The maximum atomic E-state index is 9.94. The van der Waals surface area contributed by atoms with E-state index in [-0.39, 0.29) is 6.42 Å². The van der Waals surface area contributed by atoms with Crippen LogP contribution in [0, 0.1) is 5.92 Å². The SMILES string of the molecule is [2H]C([2H])([2H])C(O)(CCCC(C)CC)C([2H])([2H])[2H]. The van der Waals surface area contributed by atoms with Gasteiger partial charge in [-0.05, 0) is 26.0 Å². The van der Waals surface area contributed by atoms with Crippen molar-refractivity contribution >= 4 is 0 Å². The van der Waals surface area contributed by atoms with Gasteiger partial charge in [0.2, 0.25) is 0 Å². The molecule has 0 aliphatic carbocycles. The number of rotatable bonds is 5. The molecule has 0 saturated heterocycles. The fourth-order valence-corrected chi connectivity index (χ4v) is 0.910. The highest BCUT2D eigenvalue weighted by molar-refractivity contribution is 4.65. The van der Waals surface area contributed by atoms with Crippen molar-refractivity contribution in [3.05, 3.63) is 0 Å². The summed E-state index contributed by atoms with van der Waals surface area (Å²) < 4.78 is 43.2. The molecular formula is C10H22O. The van der Waals surface area contributed by atoms with Gasteiger partial charge in [-0.1, -0.05) is 33.1 Å². The summed E-state index contributed by atoms with van der Waals surface area (Å²) in [5.41, 5.74) is -2.59. The fourth-order valence-electron chi connectivity index (χ4n) is 0.910.